The Hall–Kier alpha value is -2.30. The van der Waals surface area contributed by atoms with E-state index in [1.54, 1.807) is 29.1 Å². The first-order valence-electron chi connectivity index (χ1n) is 6.76. The Bertz CT molecular complexity index is 588. The first kappa shape index (κ1) is 14.1. The first-order chi connectivity index (χ1) is 9.63. The number of rotatable bonds is 5. The van der Waals surface area contributed by atoms with E-state index >= 15 is 0 Å². The topological polar surface area (TPSA) is 70.1 Å². The fraction of sp³-hybridized carbons (Fsp3) is 0.333. The minimum Gasteiger partial charge on any atom is -0.458 e. The lowest BCUT2D eigenvalue weighted by molar-refractivity contribution is 0.0277. The summed E-state index contributed by atoms with van der Waals surface area (Å²) in [6, 6.07) is 8.96. The standard InChI is InChI=1S/C15H19N3O2/c1-3-13(4-2)20-15(19)14-8-9-18(17-14)12-7-5-6-11(16)10-12/h5-10,13H,3-4,16H2,1-2H3. The molecule has 2 rings (SSSR count). The largest absolute Gasteiger partial charge is 0.458 e. The van der Waals surface area contributed by atoms with Crippen LogP contribution in [0.4, 0.5) is 5.69 Å². The van der Waals surface area contributed by atoms with Gasteiger partial charge in [0.25, 0.3) is 0 Å². The molecule has 0 bridgehead atoms. The van der Waals surface area contributed by atoms with Crippen molar-refractivity contribution in [1.82, 2.24) is 9.78 Å². The normalized spacial score (nSPS) is 10.8. The van der Waals surface area contributed by atoms with E-state index in [0.717, 1.165) is 18.5 Å². The van der Waals surface area contributed by atoms with Gasteiger partial charge in [-0.05, 0) is 37.1 Å². The molecule has 0 spiro atoms. The molecule has 1 aromatic carbocycles. The van der Waals surface area contributed by atoms with Gasteiger partial charge in [0.1, 0.15) is 6.10 Å². The Morgan fingerprint density at radius 1 is 1.35 bits per heavy atom. The summed E-state index contributed by atoms with van der Waals surface area (Å²) >= 11 is 0. The zero-order chi connectivity index (χ0) is 14.5. The van der Waals surface area contributed by atoms with E-state index < -0.39 is 0 Å². The number of anilines is 1. The molecule has 0 atom stereocenters. The van der Waals surface area contributed by atoms with Crippen LogP contribution in [0.25, 0.3) is 5.69 Å². The molecule has 106 valence electrons. The molecule has 2 N–H and O–H groups in total. The van der Waals surface area contributed by atoms with Crippen LogP contribution >= 0.6 is 0 Å². The molecule has 0 unspecified atom stereocenters. The summed E-state index contributed by atoms with van der Waals surface area (Å²) < 4.78 is 6.98. The molecule has 0 aliphatic rings. The van der Waals surface area contributed by atoms with Gasteiger partial charge in [0.2, 0.25) is 0 Å². The third-order valence-corrected chi connectivity index (χ3v) is 3.12. The number of esters is 1. The van der Waals surface area contributed by atoms with Crippen molar-refractivity contribution in [1.29, 1.82) is 0 Å². The van der Waals surface area contributed by atoms with Gasteiger partial charge in [-0.3, -0.25) is 0 Å². The molecule has 0 aliphatic heterocycles. The second kappa shape index (κ2) is 6.23. The molecule has 20 heavy (non-hydrogen) atoms. The summed E-state index contributed by atoms with van der Waals surface area (Å²) in [6.45, 7) is 3.99. The van der Waals surface area contributed by atoms with Gasteiger partial charge in [0, 0.05) is 11.9 Å². The summed E-state index contributed by atoms with van der Waals surface area (Å²) in [4.78, 5) is 12.0. The molecule has 0 aliphatic carbocycles. The van der Waals surface area contributed by atoms with Gasteiger partial charge in [0.15, 0.2) is 5.69 Å². The molecule has 2 aromatic rings. The second-order valence-electron chi connectivity index (χ2n) is 4.58. The number of carbonyl (C=O) groups is 1. The number of ether oxygens (including phenoxy) is 1. The van der Waals surface area contributed by atoms with Crippen molar-refractivity contribution in [2.45, 2.75) is 32.8 Å². The SMILES string of the molecule is CCC(CC)OC(=O)c1ccn(-c2cccc(N)c2)n1. The van der Waals surface area contributed by atoms with Crippen molar-refractivity contribution < 1.29 is 9.53 Å². The van der Waals surface area contributed by atoms with Gasteiger partial charge in [-0.25, -0.2) is 9.48 Å². The van der Waals surface area contributed by atoms with Crippen LogP contribution in [0, 0.1) is 0 Å². The van der Waals surface area contributed by atoms with Crippen LogP contribution in [-0.4, -0.2) is 21.9 Å². The molecular formula is C15H19N3O2. The van der Waals surface area contributed by atoms with Gasteiger partial charge in [0.05, 0.1) is 5.69 Å². The summed E-state index contributed by atoms with van der Waals surface area (Å²) in [5.74, 6) is -0.388. The van der Waals surface area contributed by atoms with E-state index in [1.807, 2.05) is 26.0 Å². The van der Waals surface area contributed by atoms with Crippen molar-refractivity contribution in [2.24, 2.45) is 0 Å². The highest BCUT2D eigenvalue weighted by Crippen LogP contribution is 2.13. The highest BCUT2D eigenvalue weighted by molar-refractivity contribution is 5.87. The maximum atomic E-state index is 12.0. The summed E-state index contributed by atoms with van der Waals surface area (Å²) in [7, 11) is 0. The Morgan fingerprint density at radius 2 is 2.10 bits per heavy atom. The van der Waals surface area contributed by atoms with Crippen molar-refractivity contribution in [3.8, 4) is 5.69 Å². The molecule has 0 saturated heterocycles. The maximum Gasteiger partial charge on any atom is 0.359 e. The molecule has 5 nitrogen and oxygen atoms in total. The van der Waals surface area contributed by atoms with Crippen LogP contribution in [0.2, 0.25) is 0 Å². The van der Waals surface area contributed by atoms with E-state index in [0.29, 0.717) is 11.4 Å². The molecule has 0 amide bonds. The van der Waals surface area contributed by atoms with Gasteiger partial charge in [-0.15, -0.1) is 0 Å². The second-order valence-corrected chi connectivity index (χ2v) is 4.58. The Labute approximate surface area is 118 Å². The number of hydrogen-bond acceptors (Lipinski definition) is 4. The minimum atomic E-state index is -0.388. The van der Waals surface area contributed by atoms with Gasteiger partial charge in [-0.1, -0.05) is 19.9 Å². The number of benzene rings is 1. The van der Waals surface area contributed by atoms with Crippen LogP contribution in [0.3, 0.4) is 0 Å². The van der Waals surface area contributed by atoms with E-state index in [1.165, 1.54) is 0 Å². The number of nitrogen functional groups attached to an aromatic ring is 1. The Kier molecular flexibility index (Phi) is 4.40. The van der Waals surface area contributed by atoms with Crippen molar-refractivity contribution in [3.05, 3.63) is 42.2 Å². The molecule has 5 heteroatoms. The molecule has 1 heterocycles. The minimum absolute atomic E-state index is 0.0555. The average Bonchev–Trinajstić information content (AvgIpc) is 2.94. The predicted octanol–water partition coefficient (Wildman–Crippen LogP) is 2.80. The lowest BCUT2D eigenvalue weighted by Gasteiger charge is -2.12. The smallest absolute Gasteiger partial charge is 0.359 e. The zero-order valence-corrected chi connectivity index (χ0v) is 11.7. The number of nitrogens with two attached hydrogens (primary N) is 1. The first-order valence-corrected chi connectivity index (χ1v) is 6.76. The van der Waals surface area contributed by atoms with Gasteiger partial charge >= 0.3 is 5.97 Å². The Balaban J connectivity index is 2.14. The number of aromatic nitrogens is 2. The summed E-state index contributed by atoms with van der Waals surface area (Å²) in [5, 5.41) is 4.23. The maximum absolute atomic E-state index is 12.0. The monoisotopic (exact) mass is 273 g/mol. The average molecular weight is 273 g/mol. The van der Waals surface area contributed by atoms with Gasteiger partial charge in [-0.2, -0.15) is 5.10 Å². The predicted molar refractivity (Wildman–Crippen MR) is 77.8 cm³/mol. The zero-order valence-electron chi connectivity index (χ0n) is 11.7. The van der Waals surface area contributed by atoms with Crippen LogP contribution in [0.15, 0.2) is 36.5 Å². The number of carbonyl (C=O) groups excluding carboxylic acids is 1. The fourth-order valence-corrected chi connectivity index (χ4v) is 1.91. The van der Waals surface area contributed by atoms with Crippen LogP contribution < -0.4 is 5.73 Å². The fourth-order valence-electron chi connectivity index (χ4n) is 1.91. The third kappa shape index (κ3) is 3.17. The van der Waals surface area contributed by atoms with Crippen LogP contribution in [0.5, 0.6) is 0 Å². The quantitative estimate of drug-likeness (QED) is 0.671. The highest BCUT2D eigenvalue weighted by Gasteiger charge is 2.15. The molecule has 0 saturated carbocycles. The van der Waals surface area contributed by atoms with Crippen molar-refractivity contribution in [2.75, 3.05) is 5.73 Å². The third-order valence-electron chi connectivity index (χ3n) is 3.12. The van der Waals surface area contributed by atoms with Crippen molar-refractivity contribution >= 4 is 11.7 Å². The number of hydrogen-bond donors (Lipinski definition) is 1. The van der Waals surface area contributed by atoms with Crippen LogP contribution in [0.1, 0.15) is 37.2 Å². The Morgan fingerprint density at radius 3 is 2.75 bits per heavy atom. The summed E-state index contributed by atoms with van der Waals surface area (Å²) in [6.07, 6.45) is 3.27. The van der Waals surface area contributed by atoms with Crippen molar-refractivity contribution in [3.63, 3.8) is 0 Å². The molecule has 0 fully saturated rings. The number of nitrogens with zero attached hydrogens (tertiary/aromatic N) is 2. The lowest BCUT2D eigenvalue weighted by Crippen LogP contribution is -2.17. The highest BCUT2D eigenvalue weighted by atomic mass is 16.5. The molecule has 0 radical (unpaired) electrons. The van der Waals surface area contributed by atoms with E-state index in [-0.39, 0.29) is 12.1 Å². The lowest BCUT2D eigenvalue weighted by atomic mass is 10.2. The van der Waals surface area contributed by atoms with Crippen LogP contribution in [-0.2, 0) is 4.74 Å². The molecular weight excluding hydrogens is 254 g/mol. The summed E-state index contributed by atoms with van der Waals surface area (Å²) in [5.41, 5.74) is 7.50. The van der Waals surface area contributed by atoms with Gasteiger partial charge < -0.3 is 10.5 Å². The van der Waals surface area contributed by atoms with E-state index in [9.17, 15) is 4.79 Å². The molecule has 1 aromatic heterocycles. The van der Waals surface area contributed by atoms with E-state index in [2.05, 4.69) is 5.10 Å². The van der Waals surface area contributed by atoms with E-state index in [4.69, 9.17) is 10.5 Å².